The van der Waals surface area contributed by atoms with E-state index in [9.17, 15) is 4.79 Å². The van der Waals surface area contributed by atoms with E-state index in [0.29, 0.717) is 11.5 Å². The Morgan fingerprint density at radius 1 is 1.30 bits per heavy atom. The molecule has 0 N–H and O–H groups in total. The van der Waals surface area contributed by atoms with Gasteiger partial charge in [-0.25, -0.2) is 4.98 Å². The number of aromatic nitrogens is 1. The first-order valence-corrected chi connectivity index (χ1v) is 7.18. The lowest BCUT2D eigenvalue weighted by molar-refractivity contribution is -0.133. The summed E-state index contributed by atoms with van der Waals surface area (Å²) in [7, 11) is 0. The lowest BCUT2D eigenvalue weighted by Gasteiger charge is -2.21. The highest BCUT2D eigenvalue weighted by Crippen LogP contribution is 2.25. The van der Waals surface area contributed by atoms with Crippen molar-refractivity contribution in [2.24, 2.45) is 5.92 Å². The van der Waals surface area contributed by atoms with Crippen molar-refractivity contribution in [3.63, 3.8) is 0 Å². The van der Waals surface area contributed by atoms with Gasteiger partial charge in [-0.3, -0.25) is 4.79 Å². The van der Waals surface area contributed by atoms with Gasteiger partial charge >= 0.3 is 0 Å². The molecule has 0 aromatic carbocycles. The first-order valence-electron chi connectivity index (χ1n) is 7.18. The molecule has 2 aliphatic heterocycles. The summed E-state index contributed by atoms with van der Waals surface area (Å²) in [5.41, 5.74) is 0.567. The molecule has 0 spiro atoms. The van der Waals surface area contributed by atoms with Crippen LogP contribution < -0.4 is 4.90 Å². The van der Waals surface area contributed by atoms with Crippen LogP contribution in [0, 0.1) is 17.2 Å². The number of anilines is 1. The van der Waals surface area contributed by atoms with Crippen molar-refractivity contribution in [3.8, 4) is 6.07 Å². The van der Waals surface area contributed by atoms with Crippen LogP contribution in [0.3, 0.4) is 0 Å². The highest BCUT2D eigenvalue weighted by Gasteiger charge is 2.32. The van der Waals surface area contributed by atoms with E-state index in [1.54, 1.807) is 12.3 Å². The van der Waals surface area contributed by atoms with Crippen molar-refractivity contribution >= 4 is 11.7 Å². The molecule has 1 atom stereocenters. The second-order valence-corrected chi connectivity index (χ2v) is 5.48. The van der Waals surface area contributed by atoms with Gasteiger partial charge in [0, 0.05) is 32.4 Å². The number of nitrogens with zero attached hydrogens (tertiary/aromatic N) is 4. The third-order valence-electron chi connectivity index (χ3n) is 4.16. The Balaban J connectivity index is 1.63. The van der Waals surface area contributed by atoms with E-state index in [1.807, 2.05) is 11.0 Å². The molecule has 0 radical (unpaired) electrons. The number of rotatable bonds is 2. The number of hydrogen-bond donors (Lipinski definition) is 0. The van der Waals surface area contributed by atoms with Crippen molar-refractivity contribution in [2.75, 3.05) is 31.1 Å². The van der Waals surface area contributed by atoms with Gasteiger partial charge in [0.25, 0.3) is 0 Å². The summed E-state index contributed by atoms with van der Waals surface area (Å²) in [5, 5.41) is 8.78. The summed E-state index contributed by atoms with van der Waals surface area (Å²) in [6.07, 6.45) is 4.76. The van der Waals surface area contributed by atoms with Crippen molar-refractivity contribution in [2.45, 2.75) is 19.3 Å². The molecule has 2 aliphatic rings. The number of carbonyl (C=O) groups is 1. The van der Waals surface area contributed by atoms with Crippen LogP contribution in [0.1, 0.15) is 24.8 Å². The average Bonchev–Trinajstić information content (AvgIpc) is 3.18. The highest BCUT2D eigenvalue weighted by atomic mass is 16.2. The maximum absolute atomic E-state index is 12.4. The molecule has 0 saturated carbocycles. The smallest absolute Gasteiger partial charge is 0.227 e. The molecule has 20 heavy (non-hydrogen) atoms. The number of nitriles is 1. The Kier molecular flexibility index (Phi) is 3.55. The molecule has 2 saturated heterocycles. The Morgan fingerprint density at radius 3 is 2.75 bits per heavy atom. The first-order chi connectivity index (χ1) is 9.78. The lowest BCUT2D eigenvalue weighted by atomic mass is 10.1. The minimum atomic E-state index is 0.102. The second kappa shape index (κ2) is 5.49. The van der Waals surface area contributed by atoms with Crippen LogP contribution in [0.15, 0.2) is 18.3 Å². The normalized spacial score (nSPS) is 22.1. The molecule has 1 aromatic heterocycles. The van der Waals surface area contributed by atoms with Crippen LogP contribution in [0.25, 0.3) is 0 Å². The van der Waals surface area contributed by atoms with E-state index >= 15 is 0 Å². The third kappa shape index (κ3) is 2.46. The maximum Gasteiger partial charge on any atom is 0.227 e. The molecular formula is C15H18N4O. The Bertz CT molecular complexity index is 528. The van der Waals surface area contributed by atoms with Crippen LogP contribution in [0.2, 0.25) is 0 Å². The summed E-state index contributed by atoms with van der Waals surface area (Å²) in [4.78, 5) is 20.8. The van der Waals surface area contributed by atoms with Gasteiger partial charge in [0.2, 0.25) is 5.91 Å². The minimum Gasteiger partial charge on any atom is -0.356 e. The lowest BCUT2D eigenvalue weighted by Crippen LogP contribution is -2.35. The van der Waals surface area contributed by atoms with E-state index in [4.69, 9.17) is 5.26 Å². The molecule has 2 fully saturated rings. The molecule has 5 nitrogen and oxygen atoms in total. The van der Waals surface area contributed by atoms with Gasteiger partial charge < -0.3 is 9.80 Å². The van der Waals surface area contributed by atoms with Crippen molar-refractivity contribution < 1.29 is 4.79 Å². The molecule has 3 rings (SSSR count). The van der Waals surface area contributed by atoms with Crippen LogP contribution in [0.4, 0.5) is 5.82 Å². The quantitative estimate of drug-likeness (QED) is 0.815. The molecular weight excluding hydrogens is 252 g/mol. The molecule has 0 aliphatic carbocycles. The fourth-order valence-electron chi connectivity index (χ4n) is 3.00. The van der Waals surface area contributed by atoms with Crippen molar-refractivity contribution in [3.05, 3.63) is 23.9 Å². The zero-order chi connectivity index (χ0) is 13.9. The van der Waals surface area contributed by atoms with Crippen LogP contribution in [-0.2, 0) is 4.79 Å². The van der Waals surface area contributed by atoms with Gasteiger partial charge in [-0.1, -0.05) is 0 Å². The summed E-state index contributed by atoms with van der Waals surface area (Å²) < 4.78 is 0. The molecule has 1 unspecified atom stereocenters. The topological polar surface area (TPSA) is 60.2 Å². The van der Waals surface area contributed by atoms with Gasteiger partial charge in [-0.2, -0.15) is 5.26 Å². The number of hydrogen-bond acceptors (Lipinski definition) is 4. The molecule has 0 bridgehead atoms. The van der Waals surface area contributed by atoms with Crippen LogP contribution in [0.5, 0.6) is 0 Å². The van der Waals surface area contributed by atoms with Crippen LogP contribution in [-0.4, -0.2) is 42.0 Å². The number of pyridine rings is 1. The molecule has 1 amide bonds. The first kappa shape index (κ1) is 12.9. The summed E-state index contributed by atoms with van der Waals surface area (Å²) in [6, 6.07) is 5.71. The van der Waals surface area contributed by atoms with Gasteiger partial charge in [0.05, 0.1) is 11.5 Å². The second-order valence-electron chi connectivity index (χ2n) is 5.48. The monoisotopic (exact) mass is 270 g/mol. The van der Waals surface area contributed by atoms with Crippen molar-refractivity contribution in [1.82, 2.24) is 9.88 Å². The van der Waals surface area contributed by atoms with Crippen molar-refractivity contribution in [1.29, 1.82) is 5.26 Å². The van der Waals surface area contributed by atoms with Gasteiger partial charge in [-0.05, 0) is 31.4 Å². The predicted molar refractivity (Wildman–Crippen MR) is 75.1 cm³/mol. The Hall–Kier alpha value is -2.09. The Morgan fingerprint density at radius 2 is 2.10 bits per heavy atom. The standard InChI is InChI=1S/C15H18N4O/c16-9-12-3-4-14(17-10-12)19-8-5-13(11-19)15(20)18-6-1-2-7-18/h3-4,10,13H,1-2,5-8,11H2. The van der Waals surface area contributed by atoms with Gasteiger partial charge in [0.1, 0.15) is 11.9 Å². The maximum atomic E-state index is 12.4. The summed E-state index contributed by atoms with van der Waals surface area (Å²) in [5.74, 6) is 1.27. The minimum absolute atomic E-state index is 0.102. The zero-order valence-electron chi connectivity index (χ0n) is 11.5. The number of likely N-dealkylation sites (tertiary alicyclic amines) is 1. The summed E-state index contributed by atoms with van der Waals surface area (Å²) >= 11 is 0. The van der Waals surface area contributed by atoms with E-state index in [0.717, 1.165) is 51.3 Å². The number of carbonyl (C=O) groups excluding carboxylic acids is 1. The predicted octanol–water partition coefficient (Wildman–Crippen LogP) is 1.40. The fraction of sp³-hybridized carbons (Fsp3) is 0.533. The molecule has 3 heterocycles. The van der Waals surface area contributed by atoms with E-state index < -0.39 is 0 Å². The van der Waals surface area contributed by atoms with E-state index in [2.05, 4.69) is 16.0 Å². The third-order valence-corrected chi connectivity index (χ3v) is 4.16. The number of amides is 1. The molecule has 1 aromatic rings. The fourth-order valence-corrected chi connectivity index (χ4v) is 3.00. The van der Waals surface area contributed by atoms with Gasteiger partial charge in [0.15, 0.2) is 0 Å². The largest absolute Gasteiger partial charge is 0.356 e. The molecule has 5 heteroatoms. The highest BCUT2D eigenvalue weighted by molar-refractivity contribution is 5.80. The van der Waals surface area contributed by atoms with E-state index in [-0.39, 0.29) is 5.92 Å². The Labute approximate surface area is 118 Å². The average molecular weight is 270 g/mol. The van der Waals surface area contributed by atoms with E-state index in [1.165, 1.54) is 0 Å². The van der Waals surface area contributed by atoms with Crippen LogP contribution >= 0.6 is 0 Å². The van der Waals surface area contributed by atoms with Gasteiger partial charge in [-0.15, -0.1) is 0 Å². The SMILES string of the molecule is N#Cc1ccc(N2CCC(C(=O)N3CCCC3)C2)nc1. The summed E-state index contributed by atoms with van der Waals surface area (Å²) in [6.45, 7) is 3.45. The zero-order valence-corrected chi connectivity index (χ0v) is 11.5. The molecule has 104 valence electrons.